The maximum absolute atomic E-state index is 4.01. The lowest BCUT2D eigenvalue weighted by Crippen LogP contribution is -2.37. The van der Waals surface area contributed by atoms with Crippen LogP contribution in [0.3, 0.4) is 0 Å². The molecule has 0 fully saturated rings. The zero-order valence-electron chi connectivity index (χ0n) is 10.6. The van der Waals surface area contributed by atoms with Crippen molar-refractivity contribution in [2.24, 2.45) is 0 Å². The summed E-state index contributed by atoms with van der Waals surface area (Å²) >= 11 is 0. The van der Waals surface area contributed by atoms with Crippen LogP contribution in [0, 0.1) is 0 Å². The van der Waals surface area contributed by atoms with Crippen LogP contribution in [-0.2, 0) is 0 Å². The molecule has 0 radical (unpaired) electrons. The Morgan fingerprint density at radius 2 is 1.79 bits per heavy atom. The molecule has 0 aliphatic rings. The number of rotatable bonds is 7. The number of quaternary nitrogens is 1. The van der Waals surface area contributed by atoms with Gasteiger partial charge < -0.3 is 9.38 Å². The predicted octanol–water partition coefficient (Wildman–Crippen LogP) is 2.33. The van der Waals surface area contributed by atoms with E-state index in [-0.39, 0.29) is 0 Å². The summed E-state index contributed by atoms with van der Waals surface area (Å²) in [5.41, 5.74) is 1.20. The van der Waals surface area contributed by atoms with Crippen LogP contribution < -0.4 is 0 Å². The summed E-state index contributed by atoms with van der Waals surface area (Å²) in [6.45, 7) is 11.9. The Kier molecular flexibility index (Phi) is 5.86. The van der Waals surface area contributed by atoms with Crippen LogP contribution in [0.25, 0.3) is 0 Å². The van der Waals surface area contributed by atoms with Crippen LogP contribution in [0.1, 0.15) is 26.7 Å². The van der Waals surface area contributed by atoms with E-state index in [4.69, 9.17) is 0 Å². The minimum absolute atomic E-state index is 1.05. The minimum atomic E-state index is 1.05. The lowest BCUT2D eigenvalue weighted by molar-refractivity contribution is -0.870. The fourth-order valence-corrected chi connectivity index (χ4v) is 1.50. The lowest BCUT2D eigenvalue weighted by Gasteiger charge is -2.28. The Morgan fingerprint density at radius 1 is 1.21 bits per heavy atom. The summed E-state index contributed by atoms with van der Waals surface area (Å²) in [7, 11) is 6.72. The molecule has 0 aromatic carbocycles. The zero-order valence-corrected chi connectivity index (χ0v) is 10.6. The van der Waals surface area contributed by atoms with Gasteiger partial charge in [0, 0.05) is 25.2 Å². The standard InChI is InChI=1S/C12H27N2/c1-7-9-13(12(2)3)10-8-11-14(4,5)6/h2,7-11H2,1,3-6H3/q+1. The van der Waals surface area contributed by atoms with Crippen LogP contribution in [0.4, 0.5) is 0 Å². The molecule has 0 aliphatic heterocycles. The van der Waals surface area contributed by atoms with Gasteiger partial charge in [0.2, 0.25) is 0 Å². The van der Waals surface area contributed by atoms with Crippen molar-refractivity contribution >= 4 is 0 Å². The quantitative estimate of drug-likeness (QED) is 0.569. The molecule has 2 nitrogen and oxygen atoms in total. The molecule has 0 aromatic rings. The highest BCUT2D eigenvalue weighted by Crippen LogP contribution is 2.04. The summed E-state index contributed by atoms with van der Waals surface area (Å²) in [6, 6.07) is 0. The van der Waals surface area contributed by atoms with Gasteiger partial charge in [-0.3, -0.25) is 0 Å². The number of nitrogens with zero attached hydrogens (tertiary/aromatic N) is 2. The normalized spacial score (nSPS) is 11.5. The van der Waals surface area contributed by atoms with E-state index < -0.39 is 0 Å². The molecule has 0 amide bonds. The smallest absolute Gasteiger partial charge is 0.0797 e. The van der Waals surface area contributed by atoms with Crippen molar-refractivity contribution in [3.63, 3.8) is 0 Å². The first kappa shape index (κ1) is 13.5. The van der Waals surface area contributed by atoms with E-state index in [0.717, 1.165) is 17.6 Å². The van der Waals surface area contributed by atoms with Gasteiger partial charge in [-0.05, 0) is 13.3 Å². The molecule has 0 bridgehead atoms. The maximum Gasteiger partial charge on any atom is 0.0797 e. The fourth-order valence-electron chi connectivity index (χ4n) is 1.50. The molecule has 14 heavy (non-hydrogen) atoms. The van der Waals surface area contributed by atoms with Gasteiger partial charge in [0.05, 0.1) is 27.7 Å². The Bertz CT molecular complexity index is 168. The molecule has 0 saturated carbocycles. The highest BCUT2D eigenvalue weighted by Gasteiger charge is 2.08. The molecule has 0 spiro atoms. The molecule has 0 rings (SSSR count). The van der Waals surface area contributed by atoms with Gasteiger partial charge in [-0.25, -0.2) is 0 Å². The van der Waals surface area contributed by atoms with Gasteiger partial charge in [-0.2, -0.15) is 0 Å². The van der Waals surface area contributed by atoms with E-state index in [1.54, 1.807) is 0 Å². The molecule has 0 unspecified atom stereocenters. The highest BCUT2D eigenvalue weighted by atomic mass is 15.3. The Labute approximate surface area is 89.8 Å². The van der Waals surface area contributed by atoms with E-state index in [9.17, 15) is 0 Å². The third-order valence-corrected chi connectivity index (χ3v) is 2.29. The van der Waals surface area contributed by atoms with Crippen molar-refractivity contribution in [1.82, 2.24) is 4.90 Å². The molecule has 2 heteroatoms. The summed E-state index contributed by atoms with van der Waals surface area (Å²) < 4.78 is 1.05. The second kappa shape index (κ2) is 6.07. The van der Waals surface area contributed by atoms with Crippen LogP contribution in [0.2, 0.25) is 0 Å². The first-order chi connectivity index (χ1) is 6.37. The van der Waals surface area contributed by atoms with Crippen LogP contribution in [0.15, 0.2) is 12.3 Å². The third-order valence-electron chi connectivity index (χ3n) is 2.29. The molecular weight excluding hydrogens is 172 g/mol. The molecule has 0 atom stereocenters. The Morgan fingerprint density at radius 3 is 2.14 bits per heavy atom. The molecule has 0 aliphatic carbocycles. The van der Waals surface area contributed by atoms with E-state index in [1.165, 1.54) is 25.1 Å². The zero-order chi connectivity index (χ0) is 11.2. The van der Waals surface area contributed by atoms with E-state index >= 15 is 0 Å². The van der Waals surface area contributed by atoms with Crippen molar-refractivity contribution in [3.8, 4) is 0 Å². The summed E-state index contributed by atoms with van der Waals surface area (Å²) in [6.07, 6.45) is 2.45. The predicted molar refractivity (Wildman–Crippen MR) is 64.2 cm³/mol. The molecular formula is C12H27N2+. The second-order valence-corrected chi connectivity index (χ2v) is 5.09. The van der Waals surface area contributed by atoms with Crippen LogP contribution in [-0.4, -0.2) is 50.2 Å². The first-order valence-electron chi connectivity index (χ1n) is 5.57. The lowest BCUT2D eigenvalue weighted by atomic mass is 10.3. The minimum Gasteiger partial charge on any atom is -0.375 e. The van der Waals surface area contributed by atoms with Gasteiger partial charge in [0.25, 0.3) is 0 Å². The van der Waals surface area contributed by atoms with Crippen molar-refractivity contribution in [2.75, 3.05) is 40.8 Å². The topological polar surface area (TPSA) is 3.24 Å². The first-order valence-corrected chi connectivity index (χ1v) is 5.57. The molecule has 84 valence electrons. The summed E-state index contributed by atoms with van der Waals surface area (Å²) in [5, 5.41) is 0. The Hall–Kier alpha value is -0.500. The molecule has 0 N–H and O–H groups in total. The molecule has 0 saturated heterocycles. The Balaban J connectivity index is 3.77. The monoisotopic (exact) mass is 199 g/mol. The highest BCUT2D eigenvalue weighted by molar-refractivity contribution is 4.87. The van der Waals surface area contributed by atoms with Gasteiger partial charge in [0.15, 0.2) is 0 Å². The van der Waals surface area contributed by atoms with E-state index in [2.05, 4.69) is 46.5 Å². The average Bonchev–Trinajstić information content (AvgIpc) is 2.00. The molecule has 0 heterocycles. The van der Waals surface area contributed by atoms with Crippen LogP contribution in [0.5, 0.6) is 0 Å². The second-order valence-electron chi connectivity index (χ2n) is 5.09. The van der Waals surface area contributed by atoms with Crippen molar-refractivity contribution < 1.29 is 4.48 Å². The summed E-state index contributed by atoms with van der Waals surface area (Å²) in [4.78, 5) is 2.38. The fraction of sp³-hybridized carbons (Fsp3) is 0.833. The van der Waals surface area contributed by atoms with Gasteiger partial charge in [-0.1, -0.05) is 13.5 Å². The van der Waals surface area contributed by atoms with Crippen molar-refractivity contribution in [3.05, 3.63) is 12.3 Å². The number of hydrogen-bond donors (Lipinski definition) is 0. The SMILES string of the molecule is C=C(C)N(CCC)CCC[N+](C)(C)C. The number of hydrogen-bond acceptors (Lipinski definition) is 1. The maximum atomic E-state index is 4.01. The third kappa shape index (κ3) is 6.96. The number of allylic oxidation sites excluding steroid dienone is 1. The van der Waals surface area contributed by atoms with Gasteiger partial charge >= 0.3 is 0 Å². The van der Waals surface area contributed by atoms with Crippen LogP contribution >= 0.6 is 0 Å². The van der Waals surface area contributed by atoms with E-state index in [1.807, 2.05) is 0 Å². The van der Waals surface area contributed by atoms with Crippen molar-refractivity contribution in [1.29, 1.82) is 0 Å². The molecule has 0 aromatic heterocycles. The van der Waals surface area contributed by atoms with E-state index in [0.29, 0.717) is 0 Å². The largest absolute Gasteiger partial charge is 0.375 e. The summed E-state index contributed by atoms with van der Waals surface area (Å²) in [5.74, 6) is 0. The van der Waals surface area contributed by atoms with Gasteiger partial charge in [0.1, 0.15) is 0 Å². The average molecular weight is 199 g/mol. The van der Waals surface area contributed by atoms with Gasteiger partial charge in [-0.15, -0.1) is 0 Å². The van der Waals surface area contributed by atoms with Crippen molar-refractivity contribution in [2.45, 2.75) is 26.7 Å².